The topological polar surface area (TPSA) is 94.4 Å². The quantitative estimate of drug-likeness (QED) is 0.765. The Hall–Kier alpha value is -3.26. The summed E-state index contributed by atoms with van der Waals surface area (Å²) >= 11 is 5.83. The van der Waals surface area contributed by atoms with E-state index in [2.05, 4.69) is 15.7 Å². The number of benzene rings is 2. The van der Waals surface area contributed by atoms with Crippen molar-refractivity contribution >= 4 is 40.7 Å². The molecule has 9 heteroatoms. The minimum absolute atomic E-state index is 0.199. The van der Waals surface area contributed by atoms with Crippen LogP contribution in [0.15, 0.2) is 58.9 Å². The molecule has 2 atom stereocenters. The van der Waals surface area contributed by atoms with Crippen molar-refractivity contribution in [2.45, 2.75) is 25.4 Å². The second-order valence-electron chi connectivity index (χ2n) is 6.78. The van der Waals surface area contributed by atoms with Crippen LogP contribution in [0.5, 0.6) is 0 Å². The molecule has 3 amide bonds. The van der Waals surface area contributed by atoms with Crippen molar-refractivity contribution in [1.29, 1.82) is 0 Å². The van der Waals surface area contributed by atoms with Gasteiger partial charge in [-0.3, -0.25) is 19.4 Å². The van der Waals surface area contributed by atoms with Crippen LogP contribution in [0.1, 0.15) is 12.5 Å². The Morgan fingerprint density at radius 2 is 1.76 bits per heavy atom. The van der Waals surface area contributed by atoms with Gasteiger partial charge in [0.15, 0.2) is 12.1 Å². The number of carbonyl (C=O) groups excluding carboxylic acids is 3. The molecule has 2 aromatic carbocycles. The van der Waals surface area contributed by atoms with Gasteiger partial charge in [0.1, 0.15) is 6.54 Å². The fourth-order valence-electron chi connectivity index (χ4n) is 3.37. The lowest BCUT2D eigenvalue weighted by Gasteiger charge is -2.20. The Morgan fingerprint density at radius 1 is 1.07 bits per heavy atom. The molecule has 0 aromatic heterocycles. The Morgan fingerprint density at radius 3 is 2.41 bits per heavy atom. The van der Waals surface area contributed by atoms with Gasteiger partial charge in [-0.15, -0.1) is 0 Å². The zero-order valence-corrected chi connectivity index (χ0v) is 16.3. The van der Waals surface area contributed by atoms with Crippen molar-refractivity contribution in [3.8, 4) is 0 Å². The van der Waals surface area contributed by atoms with E-state index in [0.29, 0.717) is 16.4 Å². The monoisotopic (exact) mass is 411 g/mol. The third kappa shape index (κ3) is 3.58. The normalized spacial score (nSPS) is 20.3. The maximum Gasteiger partial charge on any atom is 0.263 e. The molecule has 0 bridgehead atoms. The fraction of sp³-hybridized carbons (Fsp3) is 0.250. The zero-order valence-electron chi connectivity index (χ0n) is 15.6. The molecule has 0 unspecified atom stereocenters. The largest absolute Gasteiger partial charge is 0.324 e. The maximum atomic E-state index is 12.9. The van der Waals surface area contributed by atoms with Crippen LogP contribution in [-0.2, 0) is 20.8 Å². The predicted molar refractivity (Wildman–Crippen MR) is 108 cm³/mol. The minimum Gasteiger partial charge on any atom is -0.324 e. The Labute approximate surface area is 172 Å². The highest BCUT2D eigenvalue weighted by atomic mass is 35.5. The van der Waals surface area contributed by atoms with Crippen LogP contribution in [0.4, 0.5) is 11.4 Å². The molecule has 148 valence electrons. The molecule has 0 saturated carbocycles. The summed E-state index contributed by atoms with van der Waals surface area (Å²) in [7, 11) is 0. The van der Waals surface area contributed by atoms with Gasteiger partial charge in [0, 0.05) is 10.7 Å². The minimum atomic E-state index is -0.934. The van der Waals surface area contributed by atoms with Crippen LogP contribution >= 0.6 is 11.6 Å². The number of aryl methyl sites for hydroxylation is 1. The molecule has 8 nitrogen and oxygen atoms in total. The number of imide groups is 1. The van der Waals surface area contributed by atoms with Gasteiger partial charge in [0.25, 0.3) is 11.8 Å². The number of fused-ring (bicyclic) bond motifs is 1. The second kappa shape index (κ2) is 7.63. The molecule has 2 aromatic rings. The van der Waals surface area contributed by atoms with Gasteiger partial charge in [0.2, 0.25) is 5.91 Å². The number of hydrogen-bond donors (Lipinski definition) is 1. The molecule has 2 heterocycles. The Kier molecular flexibility index (Phi) is 5.02. The molecular weight excluding hydrogens is 394 g/mol. The first kappa shape index (κ1) is 19.1. The molecule has 0 aliphatic carbocycles. The summed E-state index contributed by atoms with van der Waals surface area (Å²) < 4.78 is 0. The summed E-state index contributed by atoms with van der Waals surface area (Å²) in [5.41, 5.74) is 2.17. The van der Waals surface area contributed by atoms with E-state index in [-0.39, 0.29) is 12.5 Å². The number of amides is 3. The lowest BCUT2D eigenvalue weighted by atomic mass is 10.1. The number of hydrogen-bond acceptors (Lipinski definition) is 6. The highest BCUT2D eigenvalue weighted by Crippen LogP contribution is 2.32. The summed E-state index contributed by atoms with van der Waals surface area (Å²) in [5, 5.41) is 12.3. The summed E-state index contributed by atoms with van der Waals surface area (Å²) in [5.74, 6) is -1.25. The van der Waals surface area contributed by atoms with E-state index < -0.39 is 23.9 Å². The summed E-state index contributed by atoms with van der Waals surface area (Å²) in [6.07, 6.45) is 0.859. The molecule has 29 heavy (non-hydrogen) atoms. The van der Waals surface area contributed by atoms with Crippen LogP contribution in [0.25, 0.3) is 0 Å². The maximum absolute atomic E-state index is 12.9. The molecule has 0 spiro atoms. The first-order valence-electron chi connectivity index (χ1n) is 9.17. The van der Waals surface area contributed by atoms with E-state index in [0.717, 1.165) is 16.9 Å². The van der Waals surface area contributed by atoms with Crippen LogP contribution in [0, 0.1) is 0 Å². The third-order valence-electron chi connectivity index (χ3n) is 4.89. The van der Waals surface area contributed by atoms with E-state index in [4.69, 9.17) is 11.6 Å². The van der Waals surface area contributed by atoms with E-state index in [1.165, 1.54) is 5.01 Å². The smallest absolute Gasteiger partial charge is 0.263 e. The number of nitrogens with zero attached hydrogens (tertiary/aromatic N) is 4. The Bertz CT molecular complexity index is 990. The number of rotatable bonds is 5. The van der Waals surface area contributed by atoms with Crippen molar-refractivity contribution in [2.75, 3.05) is 16.8 Å². The molecule has 0 radical (unpaired) electrons. The van der Waals surface area contributed by atoms with Gasteiger partial charge in [-0.1, -0.05) is 35.9 Å². The SMILES string of the molecule is CCc1ccc(N2C(=O)[C@H]3N=NN(CC(=O)Nc4ccc(Cl)cc4)[C@@H]3C2=O)cc1. The van der Waals surface area contributed by atoms with E-state index in [1.807, 2.05) is 19.1 Å². The van der Waals surface area contributed by atoms with Crippen LogP contribution in [0.2, 0.25) is 5.02 Å². The number of halogens is 1. The van der Waals surface area contributed by atoms with Crippen LogP contribution in [-0.4, -0.2) is 41.4 Å². The number of nitrogens with one attached hydrogen (secondary N) is 1. The van der Waals surface area contributed by atoms with Gasteiger partial charge < -0.3 is 5.32 Å². The van der Waals surface area contributed by atoms with E-state index >= 15 is 0 Å². The second-order valence-corrected chi connectivity index (χ2v) is 7.22. The fourth-order valence-corrected chi connectivity index (χ4v) is 3.50. The van der Waals surface area contributed by atoms with Crippen LogP contribution < -0.4 is 10.2 Å². The van der Waals surface area contributed by atoms with E-state index in [1.54, 1.807) is 36.4 Å². The zero-order chi connectivity index (χ0) is 20.5. The van der Waals surface area contributed by atoms with Gasteiger partial charge in [-0.25, -0.2) is 4.90 Å². The molecule has 4 rings (SSSR count). The van der Waals surface area contributed by atoms with Gasteiger partial charge in [-0.05, 0) is 48.4 Å². The Balaban J connectivity index is 1.47. The van der Waals surface area contributed by atoms with Crippen molar-refractivity contribution in [3.05, 3.63) is 59.1 Å². The molecule has 2 aliphatic heterocycles. The first-order valence-corrected chi connectivity index (χ1v) is 9.55. The highest BCUT2D eigenvalue weighted by Gasteiger charge is 2.55. The third-order valence-corrected chi connectivity index (χ3v) is 5.15. The van der Waals surface area contributed by atoms with Crippen molar-refractivity contribution in [3.63, 3.8) is 0 Å². The first-order chi connectivity index (χ1) is 14.0. The lowest BCUT2D eigenvalue weighted by Crippen LogP contribution is -2.43. The predicted octanol–water partition coefficient (Wildman–Crippen LogP) is 2.83. The summed E-state index contributed by atoms with van der Waals surface area (Å²) in [6, 6.07) is 12.0. The number of carbonyl (C=O) groups is 3. The number of anilines is 2. The molecular formula is C20H18ClN5O3. The lowest BCUT2D eigenvalue weighted by molar-refractivity contribution is -0.123. The summed E-state index contributed by atoms with van der Waals surface area (Å²) in [6.45, 7) is 1.83. The molecule has 1 N–H and O–H groups in total. The highest BCUT2D eigenvalue weighted by molar-refractivity contribution is 6.30. The summed E-state index contributed by atoms with van der Waals surface area (Å²) in [4.78, 5) is 39.1. The van der Waals surface area contributed by atoms with Gasteiger partial charge >= 0.3 is 0 Å². The van der Waals surface area contributed by atoms with Gasteiger partial charge in [-0.2, -0.15) is 5.11 Å². The standard InChI is InChI=1S/C20H18ClN5O3/c1-2-12-3-9-15(10-4-12)26-19(28)17-18(20(26)29)25(24-23-17)11-16(27)22-14-7-5-13(21)6-8-14/h3-10,17-18H,2,11H2,1H3,(H,22,27)/t17-,18-/m0/s1. The average molecular weight is 412 g/mol. The van der Waals surface area contributed by atoms with E-state index in [9.17, 15) is 14.4 Å². The van der Waals surface area contributed by atoms with Crippen molar-refractivity contribution in [1.82, 2.24) is 5.01 Å². The van der Waals surface area contributed by atoms with Crippen LogP contribution in [0.3, 0.4) is 0 Å². The molecule has 1 saturated heterocycles. The average Bonchev–Trinajstić information content (AvgIpc) is 3.23. The molecule has 1 fully saturated rings. The van der Waals surface area contributed by atoms with Crippen molar-refractivity contribution in [2.24, 2.45) is 10.3 Å². The molecule has 2 aliphatic rings. The van der Waals surface area contributed by atoms with Crippen molar-refractivity contribution < 1.29 is 14.4 Å². The van der Waals surface area contributed by atoms with Gasteiger partial charge in [0.05, 0.1) is 5.69 Å².